The molecule has 1 fully saturated rings. The molecule has 0 amide bonds. The summed E-state index contributed by atoms with van der Waals surface area (Å²) in [5, 5.41) is 70.5. The normalized spacial score (nSPS) is 26.6. The van der Waals surface area contributed by atoms with Crippen LogP contribution in [0.3, 0.4) is 0 Å². The zero-order valence-corrected chi connectivity index (χ0v) is 18.7. The lowest BCUT2D eigenvalue weighted by Crippen LogP contribution is -2.59. The van der Waals surface area contributed by atoms with E-state index < -0.39 is 55.9 Å². The number of hydrogen-bond donors (Lipinski definition) is 7. The van der Waals surface area contributed by atoms with Crippen LogP contribution in [0.4, 0.5) is 0 Å². The van der Waals surface area contributed by atoms with Gasteiger partial charge in [-0.05, 0) is 35.4 Å². The molecule has 34 heavy (non-hydrogen) atoms. The quantitative estimate of drug-likeness (QED) is 0.251. The van der Waals surface area contributed by atoms with Gasteiger partial charge in [0.2, 0.25) is 0 Å². The van der Waals surface area contributed by atoms with Crippen LogP contribution in [0, 0.1) is 0 Å². The maximum atomic E-state index is 10.5. The van der Waals surface area contributed by atoms with Crippen LogP contribution in [0.1, 0.15) is 23.1 Å². The summed E-state index contributed by atoms with van der Waals surface area (Å²) in [6, 6.07) is 8.82. The van der Waals surface area contributed by atoms with Gasteiger partial charge in [-0.3, -0.25) is 0 Å². The van der Waals surface area contributed by atoms with Crippen molar-refractivity contribution in [3.8, 4) is 23.0 Å². The summed E-state index contributed by atoms with van der Waals surface area (Å²) in [6.45, 7) is -1.10. The Labute approximate surface area is 196 Å². The number of hydrogen-bond acceptors (Lipinski definition) is 11. The van der Waals surface area contributed by atoms with Gasteiger partial charge in [0.15, 0.2) is 29.3 Å². The van der Waals surface area contributed by atoms with E-state index in [1.54, 1.807) is 6.07 Å². The molecule has 0 aliphatic carbocycles. The van der Waals surface area contributed by atoms with Crippen LogP contribution >= 0.6 is 0 Å². The van der Waals surface area contributed by atoms with Crippen molar-refractivity contribution in [3.05, 3.63) is 47.5 Å². The summed E-state index contributed by atoms with van der Waals surface area (Å²) >= 11 is 0. The highest BCUT2D eigenvalue weighted by Crippen LogP contribution is 2.41. The van der Waals surface area contributed by atoms with Crippen molar-refractivity contribution in [1.82, 2.24) is 0 Å². The standard InChI is InChI=1S/C23H30O11/c1-31-16-7-11(3-5-14(16)26)13(9-24)22(12-4-6-15(27)17(8-12)32-2)34-23-21(30)20(29)19(28)18(10-25)33-23/h3-8,13,18-30H,9-10H2,1-2H3/t13-,18-,19+,20+,21+,22+,23-/m0/s1. The molecule has 11 heteroatoms. The Balaban J connectivity index is 2.05. The molecule has 1 aliphatic heterocycles. The number of aliphatic hydroxyl groups is 5. The maximum Gasteiger partial charge on any atom is 0.187 e. The number of aromatic hydroxyl groups is 2. The molecule has 11 nitrogen and oxygen atoms in total. The number of benzene rings is 2. The van der Waals surface area contributed by atoms with Crippen LogP contribution in [-0.4, -0.2) is 93.9 Å². The molecule has 0 aromatic heterocycles. The molecular weight excluding hydrogens is 452 g/mol. The predicted octanol–water partition coefficient (Wildman–Crippen LogP) is -0.251. The molecule has 3 rings (SSSR count). The number of methoxy groups -OCH3 is 2. The number of ether oxygens (including phenoxy) is 4. The van der Waals surface area contributed by atoms with Crippen LogP contribution in [0.25, 0.3) is 0 Å². The highest BCUT2D eigenvalue weighted by Gasteiger charge is 2.45. The summed E-state index contributed by atoms with van der Waals surface area (Å²) in [4.78, 5) is 0. The topological polar surface area (TPSA) is 179 Å². The molecule has 0 spiro atoms. The Hall–Kier alpha value is -2.64. The van der Waals surface area contributed by atoms with Crippen molar-refractivity contribution in [2.45, 2.75) is 42.7 Å². The highest BCUT2D eigenvalue weighted by molar-refractivity contribution is 5.46. The van der Waals surface area contributed by atoms with Crippen molar-refractivity contribution in [1.29, 1.82) is 0 Å². The Morgan fingerprint density at radius 2 is 1.38 bits per heavy atom. The van der Waals surface area contributed by atoms with Gasteiger partial charge in [0, 0.05) is 5.92 Å². The van der Waals surface area contributed by atoms with E-state index in [1.165, 1.54) is 44.6 Å². The van der Waals surface area contributed by atoms with Gasteiger partial charge in [-0.25, -0.2) is 0 Å². The van der Waals surface area contributed by atoms with Crippen LogP contribution in [0.2, 0.25) is 0 Å². The summed E-state index contributed by atoms with van der Waals surface area (Å²) in [5.41, 5.74) is 0.913. The molecule has 0 radical (unpaired) electrons. The van der Waals surface area contributed by atoms with Crippen LogP contribution in [0.15, 0.2) is 36.4 Å². The Kier molecular flexibility index (Phi) is 8.55. The van der Waals surface area contributed by atoms with Gasteiger partial charge >= 0.3 is 0 Å². The van der Waals surface area contributed by atoms with E-state index in [1.807, 2.05) is 0 Å². The lowest BCUT2D eigenvalue weighted by Gasteiger charge is -2.42. The van der Waals surface area contributed by atoms with E-state index in [9.17, 15) is 35.7 Å². The molecule has 2 aromatic rings. The summed E-state index contributed by atoms with van der Waals surface area (Å²) in [7, 11) is 2.74. The first-order valence-corrected chi connectivity index (χ1v) is 10.6. The first-order valence-electron chi connectivity index (χ1n) is 10.6. The van der Waals surface area contributed by atoms with Crippen LogP contribution in [0.5, 0.6) is 23.0 Å². The molecule has 7 N–H and O–H groups in total. The summed E-state index contributed by atoms with van der Waals surface area (Å²) in [5.74, 6) is -0.771. The van der Waals surface area contributed by atoms with Crippen molar-refractivity contribution in [2.24, 2.45) is 0 Å². The van der Waals surface area contributed by atoms with Crippen molar-refractivity contribution in [2.75, 3.05) is 27.4 Å². The third-order valence-corrected chi connectivity index (χ3v) is 5.86. The fraction of sp³-hybridized carbons (Fsp3) is 0.478. The molecule has 0 bridgehead atoms. The summed E-state index contributed by atoms with van der Waals surface area (Å²) < 4.78 is 21.9. The first-order chi connectivity index (χ1) is 16.2. The summed E-state index contributed by atoms with van der Waals surface area (Å²) in [6.07, 6.45) is -8.63. The predicted molar refractivity (Wildman–Crippen MR) is 117 cm³/mol. The highest BCUT2D eigenvalue weighted by atomic mass is 16.7. The largest absolute Gasteiger partial charge is 0.504 e. The minimum absolute atomic E-state index is 0.111. The number of phenols is 2. The van der Waals surface area contributed by atoms with Crippen molar-refractivity contribution >= 4 is 0 Å². The van der Waals surface area contributed by atoms with E-state index in [0.29, 0.717) is 11.1 Å². The van der Waals surface area contributed by atoms with E-state index >= 15 is 0 Å². The SMILES string of the molecule is COc1cc([C@@H](O[C@@H]2O[C@@H](CO)[C@@H](O)[C@@H](O)[C@H]2O)[C@@H](CO)c2ccc(O)c(OC)c2)ccc1O. The average Bonchev–Trinajstić information content (AvgIpc) is 2.85. The lowest BCUT2D eigenvalue weighted by molar-refractivity contribution is -0.314. The molecule has 1 heterocycles. The van der Waals surface area contributed by atoms with E-state index in [2.05, 4.69) is 0 Å². The van der Waals surface area contributed by atoms with E-state index in [0.717, 1.165) is 0 Å². The molecular formula is C23H30O11. The van der Waals surface area contributed by atoms with Gasteiger partial charge in [-0.1, -0.05) is 12.1 Å². The Morgan fingerprint density at radius 3 is 1.91 bits per heavy atom. The fourth-order valence-corrected chi connectivity index (χ4v) is 3.90. The van der Waals surface area contributed by atoms with Gasteiger partial charge in [0.25, 0.3) is 0 Å². The molecule has 1 aliphatic rings. The van der Waals surface area contributed by atoms with E-state index in [4.69, 9.17) is 18.9 Å². The number of rotatable bonds is 9. The molecule has 188 valence electrons. The molecule has 7 atom stereocenters. The van der Waals surface area contributed by atoms with Gasteiger partial charge in [0.05, 0.1) is 33.5 Å². The van der Waals surface area contributed by atoms with Crippen LogP contribution in [-0.2, 0) is 9.47 Å². The second kappa shape index (κ2) is 11.2. The average molecular weight is 482 g/mol. The Morgan fingerprint density at radius 1 is 0.824 bits per heavy atom. The van der Waals surface area contributed by atoms with Gasteiger partial charge in [0.1, 0.15) is 24.4 Å². The minimum Gasteiger partial charge on any atom is -0.504 e. The molecule has 2 aromatic carbocycles. The maximum absolute atomic E-state index is 10.5. The number of aliphatic hydroxyl groups excluding tert-OH is 5. The number of phenolic OH excluding ortho intramolecular Hbond substituents is 2. The van der Waals surface area contributed by atoms with Crippen molar-refractivity contribution < 1.29 is 54.7 Å². The van der Waals surface area contributed by atoms with E-state index in [-0.39, 0.29) is 23.0 Å². The van der Waals surface area contributed by atoms with Gasteiger partial charge in [-0.2, -0.15) is 0 Å². The molecule has 1 saturated heterocycles. The zero-order valence-electron chi connectivity index (χ0n) is 18.7. The second-order valence-corrected chi connectivity index (χ2v) is 7.91. The Bertz CT molecular complexity index is 951. The monoisotopic (exact) mass is 482 g/mol. The second-order valence-electron chi connectivity index (χ2n) is 7.91. The first kappa shape index (κ1) is 26.0. The smallest absolute Gasteiger partial charge is 0.187 e. The third-order valence-electron chi connectivity index (χ3n) is 5.86. The van der Waals surface area contributed by atoms with Gasteiger partial charge < -0.3 is 54.7 Å². The van der Waals surface area contributed by atoms with Crippen molar-refractivity contribution in [3.63, 3.8) is 0 Å². The minimum atomic E-state index is -1.67. The van der Waals surface area contributed by atoms with Gasteiger partial charge in [-0.15, -0.1) is 0 Å². The lowest BCUT2D eigenvalue weighted by atomic mass is 9.88. The third kappa shape index (κ3) is 5.20. The molecule has 0 unspecified atom stereocenters. The fourth-order valence-electron chi connectivity index (χ4n) is 3.90. The zero-order chi connectivity index (χ0) is 25.0. The van der Waals surface area contributed by atoms with Crippen LogP contribution < -0.4 is 9.47 Å². The molecule has 0 saturated carbocycles.